The fourth-order valence-corrected chi connectivity index (χ4v) is 2.76. The third-order valence-corrected chi connectivity index (χ3v) is 4.08. The first kappa shape index (κ1) is 14.8. The molecular formula is C20H16ClF. The van der Waals surface area contributed by atoms with Crippen LogP contribution in [0.15, 0.2) is 72.8 Å². The highest BCUT2D eigenvalue weighted by Gasteiger charge is 2.10. The maximum absolute atomic E-state index is 14.1. The lowest BCUT2D eigenvalue weighted by molar-refractivity contribution is 0.624. The van der Waals surface area contributed by atoms with Crippen molar-refractivity contribution in [2.45, 2.75) is 12.8 Å². The number of hydrogen-bond donors (Lipinski definition) is 0. The van der Waals surface area contributed by atoms with Crippen molar-refractivity contribution in [1.29, 1.82) is 0 Å². The summed E-state index contributed by atoms with van der Waals surface area (Å²) in [4.78, 5) is 0. The van der Waals surface area contributed by atoms with E-state index < -0.39 is 0 Å². The van der Waals surface area contributed by atoms with Crippen LogP contribution < -0.4 is 0 Å². The van der Waals surface area contributed by atoms with Crippen molar-refractivity contribution in [3.8, 4) is 0 Å². The smallest absolute Gasteiger partial charge is 0.142 e. The zero-order valence-electron chi connectivity index (χ0n) is 12.1. The predicted molar refractivity (Wildman–Crippen MR) is 89.9 cm³/mol. The predicted octanol–water partition coefficient (Wildman–Crippen LogP) is 5.66. The minimum Gasteiger partial charge on any atom is -0.205 e. The average molecular weight is 311 g/mol. The molecule has 0 radical (unpaired) electrons. The molecule has 0 atom stereocenters. The summed E-state index contributed by atoms with van der Waals surface area (Å²) >= 11 is 6.14. The second kappa shape index (κ2) is 6.76. The molecule has 0 aromatic heterocycles. The van der Waals surface area contributed by atoms with Gasteiger partial charge in [0.1, 0.15) is 5.82 Å². The van der Waals surface area contributed by atoms with Gasteiger partial charge in [-0.2, -0.15) is 0 Å². The van der Waals surface area contributed by atoms with Gasteiger partial charge < -0.3 is 0 Å². The van der Waals surface area contributed by atoms with Crippen LogP contribution in [0.1, 0.15) is 22.3 Å². The summed E-state index contributed by atoms with van der Waals surface area (Å²) in [6.07, 6.45) is 1.34. The molecule has 3 rings (SSSR count). The molecule has 0 fully saturated rings. The van der Waals surface area contributed by atoms with Crippen LogP contribution in [-0.4, -0.2) is 0 Å². The van der Waals surface area contributed by atoms with Gasteiger partial charge in [-0.05, 0) is 41.2 Å². The molecule has 0 saturated carbocycles. The molecule has 110 valence electrons. The first-order valence-corrected chi connectivity index (χ1v) is 7.65. The number of hydrogen-bond acceptors (Lipinski definition) is 0. The lowest BCUT2D eigenvalue weighted by atomic mass is 9.99. The van der Waals surface area contributed by atoms with Gasteiger partial charge in [0.05, 0.1) is 5.02 Å². The summed E-state index contributed by atoms with van der Waals surface area (Å²) in [5.74, 6) is -0.346. The van der Waals surface area contributed by atoms with E-state index in [1.807, 2.05) is 66.7 Å². The van der Waals surface area contributed by atoms with Gasteiger partial charge in [0, 0.05) is 0 Å². The zero-order chi connectivity index (χ0) is 15.4. The maximum Gasteiger partial charge on any atom is 0.142 e. The van der Waals surface area contributed by atoms with Gasteiger partial charge in [-0.1, -0.05) is 78.3 Å². The number of benzene rings is 3. The number of rotatable bonds is 4. The molecule has 0 heterocycles. The van der Waals surface area contributed by atoms with Gasteiger partial charge in [0.2, 0.25) is 0 Å². The summed E-state index contributed by atoms with van der Waals surface area (Å²) in [5.41, 5.74) is 4.06. The molecule has 0 N–H and O–H groups in total. The Labute approximate surface area is 135 Å². The van der Waals surface area contributed by atoms with E-state index in [1.54, 1.807) is 0 Å². The Morgan fingerprint density at radius 1 is 0.682 bits per heavy atom. The summed E-state index contributed by atoms with van der Waals surface area (Å²) in [6.45, 7) is 0. The molecular weight excluding hydrogens is 295 g/mol. The topological polar surface area (TPSA) is 0 Å². The quantitative estimate of drug-likeness (QED) is 0.583. The van der Waals surface area contributed by atoms with Crippen molar-refractivity contribution in [2.75, 3.05) is 0 Å². The fourth-order valence-electron chi connectivity index (χ4n) is 2.59. The van der Waals surface area contributed by atoms with Gasteiger partial charge in [-0.15, -0.1) is 0 Å². The largest absolute Gasteiger partial charge is 0.205 e. The molecule has 0 unspecified atom stereocenters. The summed E-state index contributed by atoms with van der Waals surface area (Å²) in [6, 6.07) is 23.6. The van der Waals surface area contributed by atoms with E-state index in [0.29, 0.717) is 12.8 Å². The molecule has 0 aliphatic heterocycles. The van der Waals surface area contributed by atoms with Crippen LogP contribution in [0, 0.1) is 5.82 Å². The minimum absolute atomic E-state index is 0.223. The molecule has 0 amide bonds. The van der Waals surface area contributed by atoms with Gasteiger partial charge >= 0.3 is 0 Å². The van der Waals surface area contributed by atoms with Gasteiger partial charge in [-0.25, -0.2) is 4.39 Å². The molecule has 0 aliphatic rings. The first-order valence-electron chi connectivity index (χ1n) is 7.27. The lowest BCUT2D eigenvalue weighted by Gasteiger charge is -2.10. The lowest BCUT2D eigenvalue weighted by Crippen LogP contribution is -1.96. The van der Waals surface area contributed by atoms with Crippen molar-refractivity contribution in [3.63, 3.8) is 0 Å². The molecule has 0 bridgehead atoms. The Balaban J connectivity index is 1.90. The summed E-state index contributed by atoms with van der Waals surface area (Å²) in [5, 5.41) is 0.223. The monoisotopic (exact) mass is 310 g/mol. The zero-order valence-corrected chi connectivity index (χ0v) is 12.9. The maximum atomic E-state index is 14.1. The van der Waals surface area contributed by atoms with E-state index in [2.05, 4.69) is 0 Å². The van der Waals surface area contributed by atoms with Crippen LogP contribution in [0.25, 0.3) is 0 Å². The summed E-state index contributed by atoms with van der Waals surface area (Å²) < 4.78 is 14.1. The van der Waals surface area contributed by atoms with Gasteiger partial charge in [-0.3, -0.25) is 0 Å². The van der Waals surface area contributed by atoms with Crippen LogP contribution in [0.5, 0.6) is 0 Å². The Morgan fingerprint density at radius 2 is 1.23 bits per heavy atom. The highest BCUT2D eigenvalue weighted by atomic mass is 35.5. The second-order valence-corrected chi connectivity index (χ2v) is 5.75. The molecule has 0 saturated heterocycles. The van der Waals surface area contributed by atoms with Crippen LogP contribution in [0.4, 0.5) is 4.39 Å². The van der Waals surface area contributed by atoms with Crippen molar-refractivity contribution in [1.82, 2.24) is 0 Å². The van der Waals surface area contributed by atoms with Crippen molar-refractivity contribution in [3.05, 3.63) is 106 Å². The minimum atomic E-state index is -0.346. The number of halogens is 2. The van der Waals surface area contributed by atoms with E-state index in [4.69, 9.17) is 11.6 Å². The van der Waals surface area contributed by atoms with E-state index >= 15 is 0 Å². The molecule has 0 aliphatic carbocycles. The average Bonchev–Trinajstić information content (AvgIpc) is 2.54. The summed E-state index contributed by atoms with van der Waals surface area (Å²) in [7, 11) is 0. The Hall–Kier alpha value is -2.12. The molecule has 3 aromatic rings. The van der Waals surface area contributed by atoms with E-state index in [1.165, 1.54) is 6.07 Å². The molecule has 0 nitrogen and oxygen atoms in total. The third-order valence-electron chi connectivity index (χ3n) is 3.65. The standard InChI is InChI=1S/C20H16ClF/c21-20-18(12-16-9-5-2-6-10-16)13-17(14-19(20)22)11-15-7-3-1-4-8-15/h1-10,13-14H,11-12H2. The second-order valence-electron chi connectivity index (χ2n) is 5.38. The molecule has 3 aromatic carbocycles. The van der Waals surface area contributed by atoms with E-state index in [-0.39, 0.29) is 10.8 Å². The van der Waals surface area contributed by atoms with Gasteiger partial charge in [0.25, 0.3) is 0 Å². The fraction of sp³-hybridized carbons (Fsp3) is 0.100. The van der Waals surface area contributed by atoms with Crippen molar-refractivity contribution < 1.29 is 4.39 Å². The Kier molecular flexibility index (Phi) is 4.55. The van der Waals surface area contributed by atoms with Crippen LogP contribution in [-0.2, 0) is 12.8 Å². The molecule has 2 heteroatoms. The Bertz CT molecular complexity index is 751. The van der Waals surface area contributed by atoms with Crippen molar-refractivity contribution >= 4 is 11.6 Å². The SMILES string of the molecule is Fc1cc(Cc2ccccc2)cc(Cc2ccccc2)c1Cl. The van der Waals surface area contributed by atoms with E-state index in [9.17, 15) is 4.39 Å². The molecule has 22 heavy (non-hydrogen) atoms. The third kappa shape index (κ3) is 3.55. The highest BCUT2D eigenvalue weighted by Crippen LogP contribution is 2.25. The molecule has 0 spiro atoms. The normalized spacial score (nSPS) is 10.6. The van der Waals surface area contributed by atoms with Crippen LogP contribution in [0.3, 0.4) is 0 Å². The highest BCUT2D eigenvalue weighted by molar-refractivity contribution is 6.31. The first-order chi connectivity index (χ1) is 10.7. The van der Waals surface area contributed by atoms with Crippen molar-refractivity contribution in [2.24, 2.45) is 0 Å². The van der Waals surface area contributed by atoms with Crippen LogP contribution in [0.2, 0.25) is 5.02 Å². The Morgan fingerprint density at radius 3 is 1.82 bits per heavy atom. The van der Waals surface area contributed by atoms with Crippen LogP contribution >= 0.6 is 11.6 Å². The van der Waals surface area contributed by atoms with E-state index in [0.717, 1.165) is 22.3 Å². The van der Waals surface area contributed by atoms with Gasteiger partial charge in [0.15, 0.2) is 0 Å².